The Morgan fingerprint density at radius 1 is 0.806 bits per heavy atom. The minimum Gasteiger partial charge on any atom is -0.399 e. The zero-order chi connectivity index (χ0) is 21.6. The molecule has 4 rings (SSSR count). The maximum absolute atomic E-state index is 13.3. The Morgan fingerprint density at radius 3 is 2.29 bits per heavy atom. The summed E-state index contributed by atoms with van der Waals surface area (Å²) in [6.07, 6.45) is 10.1. The number of benzene rings is 1. The van der Waals surface area contributed by atoms with Gasteiger partial charge in [-0.25, -0.2) is 4.79 Å². The van der Waals surface area contributed by atoms with Gasteiger partial charge in [-0.05, 0) is 56.7 Å². The van der Waals surface area contributed by atoms with E-state index in [0.29, 0.717) is 23.8 Å². The second-order valence-corrected chi connectivity index (χ2v) is 9.24. The highest BCUT2D eigenvalue weighted by molar-refractivity contribution is 6.00. The second-order valence-electron chi connectivity index (χ2n) is 9.24. The van der Waals surface area contributed by atoms with Gasteiger partial charge in [0, 0.05) is 56.7 Å². The molecule has 1 saturated carbocycles. The molecule has 3 amide bonds. The first-order valence-corrected chi connectivity index (χ1v) is 12.1. The minimum atomic E-state index is 0.0654. The zero-order valence-corrected chi connectivity index (χ0v) is 18.7. The highest BCUT2D eigenvalue weighted by Gasteiger charge is 2.26. The molecular weight excluding hydrogens is 390 g/mol. The highest BCUT2D eigenvalue weighted by Crippen LogP contribution is 2.27. The first kappa shape index (κ1) is 21.8. The maximum atomic E-state index is 13.3. The van der Waals surface area contributed by atoms with Crippen LogP contribution in [0.1, 0.15) is 68.1 Å². The minimum absolute atomic E-state index is 0.0654. The Balaban J connectivity index is 1.42. The number of rotatable bonds is 3. The number of nitrogens with one attached hydrogen (secondary N) is 1. The molecular formula is C24H37N5O2. The van der Waals surface area contributed by atoms with Gasteiger partial charge >= 0.3 is 6.03 Å². The van der Waals surface area contributed by atoms with Gasteiger partial charge in [0.2, 0.25) is 0 Å². The van der Waals surface area contributed by atoms with Crippen LogP contribution in [0.5, 0.6) is 0 Å². The van der Waals surface area contributed by atoms with Crippen LogP contribution in [0.4, 0.5) is 16.2 Å². The number of hydrogen-bond donors (Lipinski definition) is 2. The van der Waals surface area contributed by atoms with E-state index in [1.807, 2.05) is 28.0 Å². The lowest BCUT2D eigenvalue weighted by Gasteiger charge is -2.30. The summed E-state index contributed by atoms with van der Waals surface area (Å²) in [4.78, 5) is 32.2. The lowest BCUT2D eigenvalue weighted by molar-refractivity contribution is 0.0725. The number of hydrogen-bond acceptors (Lipinski definition) is 4. The molecule has 0 atom stereocenters. The topological polar surface area (TPSA) is 81.9 Å². The lowest BCUT2D eigenvalue weighted by Crippen LogP contribution is -2.46. The Labute approximate surface area is 185 Å². The Hall–Kier alpha value is -2.44. The van der Waals surface area contributed by atoms with Gasteiger partial charge in [-0.2, -0.15) is 0 Å². The number of nitrogens with zero attached hydrogens (tertiary/aromatic N) is 3. The van der Waals surface area contributed by atoms with Gasteiger partial charge in [0.05, 0.1) is 5.56 Å². The number of nitrogen functional groups attached to an aromatic ring is 1. The fourth-order valence-electron chi connectivity index (χ4n) is 5.14. The number of amides is 3. The molecule has 31 heavy (non-hydrogen) atoms. The summed E-state index contributed by atoms with van der Waals surface area (Å²) in [6.45, 7) is 4.61. The van der Waals surface area contributed by atoms with Crippen LogP contribution in [-0.2, 0) is 0 Å². The van der Waals surface area contributed by atoms with E-state index in [9.17, 15) is 9.59 Å². The molecule has 0 aromatic heterocycles. The third kappa shape index (κ3) is 5.43. The molecule has 1 aromatic rings. The molecule has 170 valence electrons. The Kier molecular flexibility index (Phi) is 7.20. The first-order chi connectivity index (χ1) is 15.1. The van der Waals surface area contributed by atoms with Crippen molar-refractivity contribution in [3.05, 3.63) is 23.8 Å². The van der Waals surface area contributed by atoms with Crippen LogP contribution >= 0.6 is 0 Å². The number of carbonyl (C=O) groups excluding carboxylic acids is 2. The molecule has 1 aliphatic carbocycles. The molecule has 0 spiro atoms. The molecule has 0 unspecified atom stereocenters. The summed E-state index contributed by atoms with van der Waals surface area (Å²) in [6, 6.07) is 6.07. The lowest BCUT2D eigenvalue weighted by atomic mass is 9.96. The normalized spacial score (nSPS) is 21.0. The molecule has 7 nitrogen and oxygen atoms in total. The van der Waals surface area contributed by atoms with Crippen LogP contribution in [0, 0.1) is 0 Å². The molecule has 1 aromatic carbocycles. The predicted octanol–water partition coefficient (Wildman–Crippen LogP) is 3.45. The van der Waals surface area contributed by atoms with Crippen molar-refractivity contribution in [3.63, 3.8) is 0 Å². The van der Waals surface area contributed by atoms with E-state index < -0.39 is 0 Å². The zero-order valence-electron chi connectivity index (χ0n) is 18.7. The van der Waals surface area contributed by atoms with E-state index in [1.54, 1.807) is 0 Å². The van der Waals surface area contributed by atoms with Crippen LogP contribution < -0.4 is 16.0 Å². The first-order valence-electron chi connectivity index (χ1n) is 12.1. The SMILES string of the molecule is Nc1ccc(N2CCCN(C(=O)NC3CCCCC3)CC2)c(C(=O)N2CCCCC2)c1. The fraction of sp³-hybridized carbons (Fsp3) is 0.667. The highest BCUT2D eigenvalue weighted by atomic mass is 16.2. The molecule has 3 N–H and O–H groups in total. The van der Waals surface area contributed by atoms with Crippen molar-refractivity contribution in [2.24, 2.45) is 0 Å². The van der Waals surface area contributed by atoms with Gasteiger partial charge in [-0.1, -0.05) is 19.3 Å². The molecule has 3 fully saturated rings. The molecule has 2 heterocycles. The number of carbonyl (C=O) groups is 2. The number of nitrogens with two attached hydrogens (primary N) is 1. The quantitative estimate of drug-likeness (QED) is 0.724. The third-order valence-corrected chi connectivity index (χ3v) is 6.95. The van der Waals surface area contributed by atoms with Gasteiger partial charge in [0.25, 0.3) is 5.91 Å². The van der Waals surface area contributed by atoms with Crippen molar-refractivity contribution in [1.82, 2.24) is 15.1 Å². The number of anilines is 2. The molecule has 2 aliphatic heterocycles. The van der Waals surface area contributed by atoms with Gasteiger partial charge in [0.1, 0.15) is 0 Å². The Morgan fingerprint density at radius 2 is 1.52 bits per heavy atom. The van der Waals surface area contributed by atoms with E-state index in [0.717, 1.165) is 70.5 Å². The third-order valence-electron chi connectivity index (χ3n) is 6.95. The van der Waals surface area contributed by atoms with Crippen molar-refractivity contribution in [1.29, 1.82) is 0 Å². The van der Waals surface area contributed by atoms with Crippen molar-refractivity contribution in [2.45, 2.75) is 63.8 Å². The van der Waals surface area contributed by atoms with E-state index in [4.69, 9.17) is 5.73 Å². The summed E-state index contributed by atoms with van der Waals surface area (Å²) >= 11 is 0. The van der Waals surface area contributed by atoms with Gasteiger partial charge in [0.15, 0.2) is 0 Å². The van der Waals surface area contributed by atoms with Crippen LogP contribution in [0.2, 0.25) is 0 Å². The average molecular weight is 428 g/mol. The standard InChI is InChI=1S/C24H37N5O2/c25-19-10-11-22(21(18-19)23(30)28-12-5-2-6-13-28)27-14-7-15-29(17-16-27)24(31)26-20-8-3-1-4-9-20/h10-11,18,20H,1-9,12-17,25H2,(H,26,31). The number of piperidine rings is 1. The number of likely N-dealkylation sites (tertiary alicyclic amines) is 1. The predicted molar refractivity (Wildman–Crippen MR) is 124 cm³/mol. The summed E-state index contributed by atoms with van der Waals surface area (Å²) in [5.41, 5.74) is 8.31. The molecule has 3 aliphatic rings. The molecule has 0 radical (unpaired) electrons. The van der Waals surface area contributed by atoms with E-state index in [2.05, 4.69) is 10.2 Å². The Bertz CT molecular complexity index is 771. The van der Waals surface area contributed by atoms with Gasteiger partial charge < -0.3 is 25.8 Å². The van der Waals surface area contributed by atoms with E-state index in [1.165, 1.54) is 25.7 Å². The summed E-state index contributed by atoms with van der Waals surface area (Å²) < 4.78 is 0. The van der Waals surface area contributed by atoms with Gasteiger partial charge in [-0.3, -0.25) is 4.79 Å². The fourth-order valence-corrected chi connectivity index (χ4v) is 5.14. The van der Waals surface area contributed by atoms with Gasteiger partial charge in [-0.15, -0.1) is 0 Å². The van der Waals surface area contributed by atoms with Crippen molar-refractivity contribution < 1.29 is 9.59 Å². The molecule has 2 saturated heterocycles. The van der Waals surface area contributed by atoms with Crippen molar-refractivity contribution >= 4 is 23.3 Å². The average Bonchev–Trinajstić information content (AvgIpc) is 3.06. The van der Waals surface area contributed by atoms with Crippen molar-refractivity contribution in [2.75, 3.05) is 49.9 Å². The number of urea groups is 1. The van der Waals surface area contributed by atoms with Crippen LogP contribution in [0.15, 0.2) is 18.2 Å². The van der Waals surface area contributed by atoms with Crippen molar-refractivity contribution in [3.8, 4) is 0 Å². The molecule has 0 bridgehead atoms. The van der Waals surface area contributed by atoms with Crippen LogP contribution in [0.25, 0.3) is 0 Å². The summed E-state index contributed by atoms with van der Waals surface area (Å²) in [5.74, 6) is 0.0816. The monoisotopic (exact) mass is 427 g/mol. The largest absolute Gasteiger partial charge is 0.399 e. The van der Waals surface area contributed by atoms with Crippen LogP contribution in [0.3, 0.4) is 0 Å². The second kappa shape index (κ2) is 10.2. The van der Waals surface area contributed by atoms with E-state index in [-0.39, 0.29) is 11.9 Å². The van der Waals surface area contributed by atoms with Crippen LogP contribution in [-0.4, -0.2) is 67.0 Å². The summed E-state index contributed by atoms with van der Waals surface area (Å²) in [5, 5.41) is 3.24. The molecule has 7 heteroatoms. The summed E-state index contributed by atoms with van der Waals surface area (Å²) in [7, 11) is 0. The van der Waals surface area contributed by atoms with E-state index >= 15 is 0 Å². The smallest absolute Gasteiger partial charge is 0.317 e. The maximum Gasteiger partial charge on any atom is 0.317 e.